The second-order valence-corrected chi connectivity index (χ2v) is 10.6. The van der Waals surface area contributed by atoms with E-state index >= 15 is 0 Å². The van der Waals surface area contributed by atoms with Gasteiger partial charge >= 0.3 is 6.18 Å². The van der Waals surface area contributed by atoms with Gasteiger partial charge in [0.15, 0.2) is 5.69 Å². The van der Waals surface area contributed by atoms with Gasteiger partial charge in [0.2, 0.25) is 0 Å². The molecule has 2 aliphatic rings. The minimum atomic E-state index is -4.58. The first-order valence-corrected chi connectivity index (χ1v) is 13.1. The van der Waals surface area contributed by atoms with Crippen LogP contribution in [0.15, 0.2) is 36.5 Å². The molecule has 1 saturated heterocycles. The second-order valence-electron chi connectivity index (χ2n) is 9.52. The summed E-state index contributed by atoms with van der Waals surface area (Å²) < 4.78 is 49.9. The van der Waals surface area contributed by atoms with Crippen LogP contribution in [0.25, 0.3) is 10.6 Å². The quantitative estimate of drug-likeness (QED) is 0.395. The number of carbonyl (C=O) groups is 1. The molecule has 0 radical (unpaired) electrons. The van der Waals surface area contributed by atoms with Crippen molar-refractivity contribution in [3.63, 3.8) is 0 Å². The molecule has 1 saturated carbocycles. The first-order chi connectivity index (χ1) is 17.8. The van der Waals surface area contributed by atoms with E-state index in [1.54, 1.807) is 30.4 Å². The Kier molecular flexibility index (Phi) is 7.43. The SMILES string of the molecule is CC(NC(=O)c1cc(OC[C@@H]2CCOC2)cc(-c2ncc(C3CCC3)s2)c1)c1ccc(C(F)(F)F)nn1. The number of nitrogens with zero attached hydrogens (tertiary/aromatic N) is 3. The molecule has 1 aliphatic carbocycles. The summed E-state index contributed by atoms with van der Waals surface area (Å²) in [6.45, 7) is 3.49. The van der Waals surface area contributed by atoms with Gasteiger partial charge in [0, 0.05) is 34.7 Å². The van der Waals surface area contributed by atoms with Gasteiger partial charge in [-0.15, -0.1) is 16.4 Å². The van der Waals surface area contributed by atoms with Crippen molar-refractivity contribution in [3.8, 4) is 16.3 Å². The highest BCUT2D eigenvalue weighted by Gasteiger charge is 2.33. The molecule has 37 heavy (non-hydrogen) atoms. The Morgan fingerprint density at radius 2 is 2.05 bits per heavy atom. The van der Waals surface area contributed by atoms with Gasteiger partial charge in [-0.05, 0) is 62.4 Å². The predicted molar refractivity (Wildman–Crippen MR) is 131 cm³/mol. The van der Waals surface area contributed by atoms with Crippen molar-refractivity contribution >= 4 is 17.2 Å². The van der Waals surface area contributed by atoms with E-state index in [-0.39, 0.29) is 5.69 Å². The molecule has 0 spiro atoms. The van der Waals surface area contributed by atoms with Crippen molar-refractivity contribution in [2.45, 2.75) is 50.7 Å². The molecule has 5 rings (SSSR count). The third-order valence-electron chi connectivity index (χ3n) is 6.72. The fourth-order valence-electron chi connectivity index (χ4n) is 4.25. The third-order valence-corrected chi connectivity index (χ3v) is 7.93. The molecule has 7 nitrogen and oxygen atoms in total. The van der Waals surface area contributed by atoms with E-state index in [1.165, 1.54) is 30.2 Å². The highest BCUT2D eigenvalue weighted by molar-refractivity contribution is 7.15. The van der Waals surface area contributed by atoms with Crippen molar-refractivity contribution in [3.05, 3.63) is 58.4 Å². The molecule has 1 unspecified atom stereocenters. The molecule has 2 fully saturated rings. The molecule has 1 aromatic carbocycles. The number of alkyl halides is 3. The summed E-state index contributed by atoms with van der Waals surface area (Å²) in [6.07, 6.45) is 1.85. The Morgan fingerprint density at radius 3 is 2.70 bits per heavy atom. The third kappa shape index (κ3) is 6.10. The zero-order valence-electron chi connectivity index (χ0n) is 20.3. The molecule has 1 amide bonds. The molecule has 1 aliphatic heterocycles. The molecule has 3 aromatic rings. The standard InChI is InChI=1S/C26H27F3N4O3S/c1-15(21-5-6-23(33-32-21)26(27,28)29)31-24(34)18-9-19(25-30-12-22(37-25)17-3-2-4-17)11-20(10-18)36-14-16-7-8-35-13-16/h5-6,9-12,15-17H,2-4,7-8,13-14H2,1H3,(H,31,34)/t15?,16-/m1/s1. The maximum absolute atomic E-state index is 13.2. The summed E-state index contributed by atoms with van der Waals surface area (Å²) in [5, 5.41) is 10.5. The lowest BCUT2D eigenvalue weighted by atomic mass is 9.85. The van der Waals surface area contributed by atoms with Crippen LogP contribution < -0.4 is 10.1 Å². The van der Waals surface area contributed by atoms with Crippen LogP contribution in [0.4, 0.5) is 13.2 Å². The Hall–Kier alpha value is -3.05. The van der Waals surface area contributed by atoms with E-state index in [0.717, 1.165) is 29.7 Å². The van der Waals surface area contributed by atoms with Crippen molar-refractivity contribution in [1.82, 2.24) is 20.5 Å². The first kappa shape index (κ1) is 25.6. The van der Waals surface area contributed by atoms with Gasteiger partial charge in [0.25, 0.3) is 5.91 Å². The zero-order valence-corrected chi connectivity index (χ0v) is 21.1. The summed E-state index contributed by atoms with van der Waals surface area (Å²) in [4.78, 5) is 19.0. The number of aromatic nitrogens is 3. The number of hydrogen-bond acceptors (Lipinski definition) is 7. The average Bonchev–Trinajstić information content (AvgIpc) is 3.54. The van der Waals surface area contributed by atoms with Gasteiger partial charge in [-0.2, -0.15) is 18.3 Å². The zero-order chi connectivity index (χ0) is 26.0. The van der Waals surface area contributed by atoms with Gasteiger partial charge in [-0.1, -0.05) is 6.42 Å². The van der Waals surface area contributed by atoms with Gasteiger partial charge in [0.1, 0.15) is 10.8 Å². The number of carbonyl (C=O) groups excluding carboxylic acids is 1. The molecule has 0 bridgehead atoms. The molecule has 3 heterocycles. The minimum Gasteiger partial charge on any atom is -0.493 e. The summed E-state index contributed by atoms with van der Waals surface area (Å²) in [6, 6.07) is 6.73. The van der Waals surface area contributed by atoms with Crippen LogP contribution in [0.2, 0.25) is 0 Å². The van der Waals surface area contributed by atoms with Crippen LogP contribution in [0, 0.1) is 5.92 Å². The monoisotopic (exact) mass is 532 g/mol. The van der Waals surface area contributed by atoms with E-state index < -0.39 is 23.8 Å². The molecule has 2 atom stereocenters. The van der Waals surface area contributed by atoms with Crippen LogP contribution in [-0.4, -0.2) is 40.9 Å². The normalized spacial score (nSPS) is 18.9. The predicted octanol–water partition coefficient (Wildman–Crippen LogP) is 5.79. The highest BCUT2D eigenvalue weighted by atomic mass is 32.1. The van der Waals surface area contributed by atoms with Crippen molar-refractivity contribution < 1.29 is 27.4 Å². The van der Waals surface area contributed by atoms with Crippen molar-refractivity contribution in [2.24, 2.45) is 5.92 Å². The number of amides is 1. The van der Waals surface area contributed by atoms with E-state index in [0.29, 0.717) is 36.4 Å². The van der Waals surface area contributed by atoms with Crippen molar-refractivity contribution in [2.75, 3.05) is 19.8 Å². The van der Waals surface area contributed by atoms with Crippen LogP contribution >= 0.6 is 11.3 Å². The Labute approximate surface area is 216 Å². The second kappa shape index (κ2) is 10.7. The average molecular weight is 533 g/mol. The molecule has 11 heteroatoms. The molecular formula is C26H27F3N4O3S. The van der Waals surface area contributed by atoms with Crippen LogP contribution in [-0.2, 0) is 10.9 Å². The number of benzene rings is 1. The van der Waals surface area contributed by atoms with Crippen molar-refractivity contribution in [1.29, 1.82) is 0 Å². The summed E-state index contributed by atoms with van der Waals surface area (Å²) in [7, 11) is 0. The number of rotatable bonds is 8. The lowest BCUT2D eigenvalue weighted by Crippen LogP contribution is -2.27. The molecule has 1 N–H and O–H groups in total. The van der Waals surface area contributed by atoms with Gasteiger partial charge in [0.05, 0.1) is 24.9 Å². The maximum atomic E-state index is 13.2. The van der Waals surface area contributed by atoms with Gasteiger partial charge in [-0.25, -0.2) is 4.98 Å². The molecular weight excluding hydrogens is 505 g/mol. The van der Waals surface area contributed by atoms with E-state index in [1.807, 2.05) is 12.3 Å². The number of halogens is 3. The lowest BCUT2D eigenvalue weighted by Gasteiger charge is -2.23. The largest absolute Gasteiger partial charge is 0.493 e. The van der Waals surface area contributed by atoms with E-state index in [4.69, 9.17) is 9.47 Å². The number of thiazole rings is 1. The lowest BCUT2D eigenvalue weighted by molar-refractivity contribution is -0.141. The summed E-state index contributed by atoms with van der Waals surface area (Å²) in [5.41, 5.74) is 0.284. The highest BCUT2D eigenvalue weighted by Crippen LogP contribution is 2.41. The number of nitrogens with one attached hydrogen (secondary N) is 1. The van der Waals surface area contributed by atoms with E-state index in [2.05, 4.69) is 20.5 Å². The van der Waals surface area contributed by atoms with Gasteiger partial charge in [-0.3, -0.25) is 4.79 Å². The summed E-state index contributed by atoms with van der Waals surface area (Å²) in [5.74, 6) is 1.00. The number of ether oxygens (including phenoxy) is 2. The molecule has 2 aromatic heterocycles. The van der Waals surface area contributed by atoms with Gasteiger partial charge < -0.3 is 14.8 Å². The Balaban J connectivity index is 1.35. The topological polar surface area (TPSA) is 86.2 Å². The summed E-state index contributed by atoms with van der Waals surface area (Å²) >= 11 is 1.63. The smallest absolute Gasteiger partial charge is 0.435 e. The Morgan fingerprint density at radius 1 is 1.22 bits per heavy atom. The number of hydrogen-bond donors (Lipinski definition) is 1. The van der Waals surface area contributed by atoms with Crippen LogP contribution in [0.3, 0.4) is 0 Å². The molecule has 196 valence electrons. The minimum absolute atomic E-state index is 0.222. The fraction of sp³-hybridized carbons (Fsp3) is 0.462. The fourth-order valence-corrected chi connectivity index (χ4v) is 5.32. The Bertz CT molecular complexity index is 1240. The van der Waals surface area contributed by atoms with Crippen LogP contribution in [0.5, 0.6) is 5.75 Å². The first-order valence-electron chi connectivity index (χ1n) is 12.3. The van der Waals surface area contributed by atoms with Crippen LogP contribution in [0.1, 0.15) is 71.2 Å². The maximum Gasteiger partial charge on any atom is 0.435 e. The van der Waals surface area contributed by atoms with E-state index in [9.17, 15) is 18.0 Å².